The van der Waals surface area contributed by atoms with Crippen molar-refractivity contribution < 1.29 is 9.47 Å². The number of hydrogen-bond donors (Lipinski definition) is 1. The van der Waals surface area contributed by atoms with Gasteiger partial charge in [-0.3, -0.25) is 0 Å². The summed E-state index contributed by atoms with van der Waals surface area (Å²) >= 11 is 0. The molecule has 1 unspecified atom stereocenters. The first-order valence-corrected chi connectivity index (χ1v) is 6.79. The molecule has 1 atom stereocenters. The third kappa shape index (κ3) is 4.31. The van der Waals surface area contributed by atoms with Crippen LogP contribution in [0.25, 0.3) is 0 Å². The molecule has 0 amide bonds. The zero-order valence-corrected chi connectivity index (χ0v) is 12.0. The van der Waals surface area contributed by atoms with Crippen LogP contribution in [-0.4, -0.2) is 19.8 Å². The van der Waals surface area contributed by atoms with Crippen molar-refractivity contribution in [2.24, 2.45) is 0 Å². The van der Waals surface area contributed by atoms with Gasteiger partial charge in [-0.2, -0.15) is 0 Å². The van der Waals surface area contributed by atoms with Crippen LogP contribution < -0.4 is 10.1 Å². The molecule has 1 N–H and O–H groups in total. The van der Waals surface area contributed by atoms with Gasteiger partial charge in [0.1, 0.15) is 5.75 Å². The summed E-state index contributed by atoms with van der Waals surface area (Å²) in [6.45, 7) is 11.3. The Balaban J connectivity index is 2.88. The lowest BCUT2D eigenvalue weighted by molar-refractivity contribution is 0.131. The summed E-state index contributed by atoms with van der Waals surface area (Å²) in [5.74, 6) is 0.929. The van der Waals surface area contributed by atoms with Crippen LogP contribution in [0.5, 0.6) is 5.75 Å². The van der Waals surface area contributed by atoms with E-state index in [1.807, 2.05) is 19.9 Å². The average molecular weight is 251 g/mol. The monoisotopic (exact) mass is 251 g/mol. The minimum atomic E-state index is 0.353. The maximum atomic E-state index is 5.63. The Morgan fingerprint density at radius 2 is 1.94 bits per heavy atom. The van der Waals surface area contributed by atoms with Crippen LogP contribution in [-0.2, 0) is 11.3 Å². The van der Waals surface area contributed by atoms with Crippen LogP contribution in [0, 0.1) is 0 Å². The highest BCUT2D eigenvalue weighted by atomic mass is 16.5. The average Bonchev–Trinajstić information content (AvgIpc) is 2.38. The van der Waals surface area contributed by atoms with E-state index >= 15 is 0 Å². The van der Waals surface area contributed by atoms with Gasteiger partial charge < -0.3 is 14.8 Å². The molecule has 3 heteroatoms. The second-order valence-corrected chi connectivity index (χ2v) is 4.22. The molecule has 18 heavy (non-hydrogen) atoms. The van der Waals surface area contributed by atoms with Crippen molar-refractivity contribution in [1.29, 1.82) is 0 Å². The summed E-state index contributed by atoms with van der Waals surface area (Å²) in [6.07, 6.45) is 0. The molecule has 102 valence electrons. The lowest BCUT2D eigenvalue weighted by Crippen LogP contribution is -2.18. The number of nitrogens with one attached hydrogen (secondary N) is 1. The van der Waals surface area contributed by atoms with Crippen molar-refractivity contribution in [3.63, 3.8) is 0 Å². The summed E-state index contributed by atoms with van der Waals surface area (Å²) in [6, 6.07) is 6.69. The van der Waals surface area contributed by atoms with Gasteiger partial charge in [0, 0.05) is 18.2 Å². The number of hydrogen-bond acceptors (Lipinski definition) is 3. The Morgan fingerprint density at radius 3 is 2.56 bits per heavy atom. The number of ether oxygens (including phenoxy) is 2. The molecule has 0 radical (unpaired) electrons. The van der Waals surface area contributed by atoms with Gasteiger partial charge in [-0.15, -0.1) is 0 Å². The van der Waals surface area contributed by atoms with E-state index in [1.54, 1.807) is 0 Å². The summed E-state index contributed by atoms with van der Waals surface area (Å²) < 4.78 is 11.1. The van der Waals surface area contributed by atoms with E-state index in [1.165, 1.54) is 5.56 Å². The quantitative estimate of drug-likeness (QED) is 0.769. The minimum Gasteiger partial charge on any atom is -0.494 e. The van der Waals surface area contributed by atoms with Gasteiger partial charge in [-0.05, 0) is 45.0 Å². The van der Waals surface area contributed by atoms with Gasteiger partial charge in [-0.25, -0.2) is 0 Å². The van der Waals surface area contributed by atoms with Crippen LogP contribution >= 0.6 is 0 Å². The first-order chi connectivity index (χ1) is 8.72. The predicted molar refractivity (Wildman–Crippen MR) is 75.0 cm³/mol. The molecule has 0 heterocycles. The molecule has 0 aliphatic rings. The van der Waals surface area contributed by atoms with Gasteiger partial charge in [0.2, 0.25) is 0 Å². The molecule has 1 aromatic rings. The number of rotatable bonds is 8. The zero-order chi connectivity index (χ0) is 13.4. The summed E-state index contributed by atoms with van der Waals surface area (Å²) in [4.78, 5) is 0. The first kappa shape index (κ1) is 15.0. The van der Waals surface area contributed by atoms with Crippen molar-refractivity contribution in [2.45, 2.75) is 40.3 Å². The lowest BCUT2D eigenvalue weighted by atomic mass is 10.0. The Bertz CT molecular complexity index is 352. The molecule has 0 aliphatic carbocycles. The molecule has 0 aromatic heterocycles. The van der Waals surface area contributed by atoms with Crippen molar-refractivity contribution >= 4 is 0 Å². The van der Waals surface area contributed by atoms with Gasteiger partial charge >= 0.3 is 0 Å². The van der Waals surface area contributed by atoms with E-state index < -0.39 is 0 Å². The SMILES string of the molecule is CCNC(C)c1ccc(OCC)c(COCC)c1. The maximum Gasteiger partial charge on any atom is 0.124 e. The molecule has 0 spiro atoms. The van der Waals surface area contributed by atoms with Crippen molar-refractivity contribution in [3.05, 3.63) is 29.3 Å². The normalized spacial score (nSPS) is 12.4. The third-order valence-corrected chi connectivity index (χ3v) is 2.86. The van der Waals surface area contributed by atoms with Crippen LogP contribution in [0.15, 0.2) is 18.2 Å². The second-order valence-electron chi connectivity index (χ2n) is 4.22. The summed E-state index contributed by atoms with van der Waals surface area (Å²) in [5.41, 5.74) is 2.40. The largest absolute Gasteiger partial charge is 0.494 e. The molecule has 1 aromatic carbocycles. The van der Waals surface area contributed by atoms with E-state index in [4.69, 9.17) is 9.47 Å². The molecule has 0 aliphatic heterocycles. The van der Waals surface area contributed by atoms with Crippen LogP contribution in [0.3, 0.4) is 0 Å². The molecule has 1 rings (SSSR count). The van der Waals surface area contributed by atoms with Gasteiger partial charge in [0.05, 0.1) is 13.2 Å². The van der Waals surface area contributed by atoms with Gasteiger partial charge in [-0.1, -0.05) is 13.0 Å². The highest BCUT2D eigenvalue weighted by molar-refractivity contribution is 5.38. The van der Waals surface area contributed by atoms with Crippen molar-refractivity contribution in [3.8, 4) is 5.75 Å². The molecule has 3 nitrogen and oxygen atoms in total. The minimum absolute atomic E-state index is 0.353. The smallest absolute Gasteiger partial charge is 0.124 e. The summed E-state index contributed by atoms with van der Waals surface area (Å²) in [5, 5.41) is 3.41. The predicted octanol–water partition coefficient (Wildman–Crippen LogP) is 3.29. The molecule has 0 fully saturated rings. The summed E-state index contributed by atoms with van der Waals surface area (Å²) in [7, 11) is 0. The zero-order valence-electron chi connectivity index (χ0n) is 12.0. The fourth-order valence-corrected chi connectivity index (χ4v) is 1.91. The van der Waals surface area contributed by atoms with Crippen LogP contribution in [0.4, 0.5) is 0 Å². The van der Waals surface area contributed by atoms with Crippen molar-refractivity contribution in [2.75, 3.05) is 19.8 Å². The van der Waals surface area contributed by atoms with Crippen LogP contribution in [0.1, 0.15) is 44.9 Å². The molecular weight excluding hydrogens is 226 g/mol. The number of benzene rings is 1. The highest BCUT2D eigenvalue weighted by Crippen LogP contribution is 2.24. The Labute approximate surface area is 110 Å². The molecule has 0 bridgehead atoms. The fourth-order valence-electron chi connectivity index (χ4n) is 1.91. The van der Waals surface area contributed by atoms with Crippen LogP contribution in [0.2, 0.25) is 0 Å². The van der Waals surface area contributed by atoms with E-state index in [-0.39, 0.29) is 0 Å². The fraction of sp³-hybridized carbons (Fsp3) is 0.600. The molecular formula is C15H25NO2. The highest BCUT2D eigenvalue weighted by Gasteiger charge is 2.09. The second kappa shape index (κ2) is 8.11. The van der Waals surface area contributed by atoms with E-state index in [0.717, 1.165) is 24.5 Å². The van der Waals surface area contributed by atoms with E-state index in [9.17, 15) is 0 Å². The molecule has 0 saturated carbocycles. The Kier molecular flexibility index (Phi) is 6.76. The lowest BCUT2D eigenvalue weighted by Gasteiger charge is -2.16. The topological polar surface area (TPSA) is 30.5 Å². The first-order valence-electron chi connectivity index (χ1n) is 6.79. The standard InChI is InChI=1S/C15H25NO2/c1-5-16-12(4)13-8-9-15(18-7-3)14(10-13)11-17-6-2/h8-10,12,16H,5-7,11H2,1-4H3. The van der Waals surface area contributed by atoms with Gasteiger partial charge in [0.25, 0.3) is 0 Å². The van der Waals surface area contributed by atoms with Crippen molar-refractivity contribution in [1.82, 2.24) is 5.32 Å². The van der Waals surface area contributed by atoms with Gasteiger partial charge in [0.15, 0.2) is 0 Å². The Morgan fingerprint density at radius 1 is 1.17 bits per heavy atom. The third-order valence-electron chi connectivity index (χ3n) is 2.86. The molecule has 0 saturated heterocycles. The van der Waals surface area contributed by atoms with E-state index in [0.29, 0.717) is 19.3 Å². The Hall–Kier alpha value is -1.06. The van der Waals surface area contributed by atoms with E-state index in [2.05, 4.69) is 31.3 Å². The maximum absolute atomic E-state index is 5.63.